The topological polar surface area (TPSA) is 165 Å². The number of allylic oxidation sites excluding steroid dienone is 1. The van der Waals surface area contributed by atoms with E-state index in [1.807, 2.05) is 6.07 Å². The number of esters is 1. The van der Waals surface area contributed by atoms with Gasteiger partial charge in [0.15, 0.2) is 16.3 Å². The summed E-state index contributed by atoms with van der Waals surface area (Å²) < 4.78 is 19.3. The molecule has 242 valence electrons. The van der Waals surface area contributed by atoms with Gasteiger partial charge in [0.1, 0.15) is 6.61 Å². The van der Waals surface area contributed by atoms with Crippen LogP contribution >= 0.6 is 33.9 Å². The number of carbonyl (C=O) groups excluding carboxylic acids is 1. The normalized spacial score (nSPS) is 14.3. The zero-order chi connectivity index (χ0) is 34.0. The number of carbonyl (C=O) groups is 1. The van der Waals surface area contributed by atoms with E-state index in [4.69, 9.17) is 14.2 Å². The van der Waals surface area contributed by atoms with Crippen LogP contribution in [0.3, 0.4) is 0 Å². The number of nitro benzene ring substituents is 2. The molecule has 2 heterocycles. The van der Waals surface area contributed by atoms with Gasteiger partial charge in [0.25, 0.3) is 16.9 Å². The minimum Gasteiger partial charge on any atom is -0.493 e. The van der Waals surface area contributed by atoms with Gasteiger partial charge in [-0.1, -0.05) is 23.5 Å². The van der Waals surface area contributed by atoms with E-state index in [0.717, 1.165) is 16.9 Å². The van der Waals surface area contributed by atoms with Gasteiger partial charge in [0, 0.05) is 23.8 Å². The molecule has 1 atom stereocenters. The molecule has 1 aliphatic heterocycles. The number of thiazole rings is 1. The summed E-state index contributed by atoms with van der Waals surface area (Å²) in [6.07, 6.45) is 1.67. The van der Waals surface area contributed by atoms with Crippen LogP contribution in [0.15, 0.2) is 75.7 Å². The first-order valence-electron chi connectivity index (χ1n) is 14.1. The van der Waals surface area contributed by atoms with E-state index in [-0.39, 0.29) is 30.2 Å². The molecule has 3 aromatic carbocycles. The fraction of sp³-hybridized carbons (Fsp3) is 0.219. The van der Waals surface area contributed by atoms with Crippen LogP contribution in [-0.2, 0) is 16.1 Å². The van der Waals surface area contributed by atoms with Gasteiger partial charge in [-0.15, -0.1) is 0 Å². The van der Waals surface area contributed by atoms with Crippen LogP contribution in [0.25, 0.3) is 6.08 Å². The molecule has 1 aromatic heterocycles. The molecule has 1 aliphatic rings. The summed E-state index contributed by atoms with van der Waals surface area (Å²) in [5, 5.41) is 22.7. The Bertz CT molecular complexity index is 2140. The predicted octanol–water partition coefficient (Wildman–Crippen LogP) is 5.12. The number of hydrogen-bond acceptors (Lipinski definition) is 11. The highest BCUT2D eigenvalue weighted by Crippen LogP contribution is 2.36. The smallest absolute Gasteiger partial charge is 0.338 e. The van der Waals surface area contributed by atoms with Gasteiger partial charge in [0.05, 0.1) is 49.0 Å². The molecule has 0 bridgehead atoms. The van der Waals surface area contributed by atoms with Crippen molar-refractivity contribution < 1.29 is 28.9 Å². The molecule has 0 unspecified atom stereocenters. The number of methoxy groups -OCH3 is 1. The van der Waals surface area contributed by atoms with Crippen molar-refractivity contribution in [2.75, 3.05) is 13.7 Å². The number of rotatable bonds is 10. The predicted molar refractivity (Wildman–Crippen MR) is 181 cm³/mol. The Labute approximate surface area is 284 Å². The Balaban J connectivity index is 1.57. The molecule has 0 aliphatic carbocycles. The lowest BCUT2D eigenvalue weighted by atomic mass is 9.94. The average molecular weight is 771 g/mol. The van der Waals surface area contributed by atoms with Crippen LogP contribution in [0.5, 0.6) is 11.5 Å². The monoisotopic (exact) mass is 770 g/mol. The molecule has 4 aromatic rings. The molecule has 5 rings (SSSR count). The standard InChI is InChI=1S/C32H27IN4O9S/c1-5-45-31(39)27-18(3)34-32-35(28(27)21-9-6-17(2)24(15-21)37(42)43)30(38)26(47-32)14-20-12-23(33)29(25(13-20)44-4)46-16-19-7-10-22(11-8-19)36(40)41/h6-15,28H,5,16H2,1-4H3/b26-14+/t28-/m1/s1. The van der Waals surface area contributed by atoms with Crippen molar-refractivity contribution in [2.45, 2.75) is 33.4 Å². The molecule has 0 fully saturated rings. The number of hydrogen-bond donors (Lipinski definition) is 0. The Morgan fingerprint density at radius 3 is 2.45 bits per heavy atom. The molecule has 0 spiro atoms. The molecule has 0 N–H and O–H groups in total. The van der Waals surface area contributed by atoms with Crippen molar-refractivity contribution in [1.29, 1.82) is 0 Å². The summed E-state index contributed by atoms with van der Waals surface area (Å²) in [5.41, 5.74) is 2.03. The van der Waals surface area contributed by atoms with Crippen molar-refractivity contribution >= 4 is 57.3 Å². The molecule has 0 radical (unpaired) electrons. The SMILES string of the molecule is CCOC(=O)C1=C(C)N=c2s/c(=C/c3cc(I)c(OCc4ccc([N+](=O)[O-])cc4)c(OC)c3)c(=O)n2[C@@H]1c1ccc(C)c([N+](=O)[O-])c1. The number of halogens is 1. The van der Waals surface area contributed by atoms with Crippen LogP contribution in [0.2, 0.25) is 0 Å². The van der Waals surface area contributed by atoms with Crippen LogP contribution in [0.4, 0.5) is 11.4 Å². The van der Waals surface area contributed by atoms with Gasteiger partial charge in [0.2, 0.25) is 0 Å². The van der Waals surface area contributed by atoms with Crippen molar-refractivity contribution in [3.05, 3.63) is 132 Å². The number of aromatic nitrogens is 1. The number of aryl methyl sites for hydroxylation is 1. The van der Waals surface area contributed by atoms with Gasteiger partial charge in [-0.2, -0.15) is 0 Å². The van der Waals surface area contributed by atoms with E-state index in [1.54, 1.807) is 57.2 Å². The van der Waals surface area contributed by atoms with E-state index in [9.17, 15) is 29.8 Å². The lowest BCUT2D eigenvalue weighted by molar-refractivity contribution is -0.385. The van der Waals surface area contributed by atoms with E-state index < -0.39 is 27.4 Å². The quantitative estimate of drug-likeness (QED) is 0.0922. The van der Waals surface area contributed by atoms with Crippen molar-refractivity contribution in [3.63, 3.8) is 0 Å². The van der Waals surface area contributed by atoms with Crippen LogP contribution < -0.4 is 24.4 Å². The first-order valence-corrected chi connectivity index (χ1v) is 16.0. The summed E-state index contributed by atoms with van der Waals surface area (Å²) >= 11 is 3.22. The van der Waals surface area contributed by atoms with E-state index in [1.165, 1.54) is 29.9 Å². The molecule has 0 saturated heterocycles. The van der Waals surface area contributed by atoms with Crippen LogP contribution in [-0.4, -0.2) is 34.1 Å². The van der Waals surface area contributed by atoms with E-state index >= 15 is 0 Å². The number of nitrogens with zero attached hydrogens (tertiary/aromatic N) is 4. The van der Waals surface area contributed by atoms with Gasteiger partial charge >= 0.3 is 5.97 Å². The fourth-order valence-corrected chi connectivity index (χ4v) is 6.91. The third kappa shape index (κ3) is 6.80. The maximum absolute atomic E-state index is 14.0. The van der Waals surface area contributed by atoms with Crippen molar-refractivity contribution in [3.8, 4) is 11.5 Å². The van der Waals surface area contributed by atoms with Crippen LogP contribution in [0.1, 0.15) is 42.1 Å². The highest BCUT2D eigenvalue weighted by Gasteiger charge is 2.34. The van der Waals surface area contributed by atoms with Gasteiger partial charge in [-0.3, -0.25) is 29.6 Å². The third-order valence-corrected chi connectivity index (χ3v) is 9.13. The van der Waals surface area contributed by atoms with Gasteiger partial charge < -0.3 is 14.2 Å². The summed E-state index contributed by atoms with van der Waals surface area (Å²) in [6.45, 7) is 5.15. The maximum atomic E-state index is 14.0. The third-order valence-electron chi connectivity index (χ3n) is 7.34. The van der Waals surface area contributed by atoms with Gasteiger partial charge in [-0.05, 0) is 90.4 Å². The number of benzene rings is 3. The van der Waals surface area contributed by atoms with E-state index in [2.05, 4.69) is 27.6 Å². The summed E-state index contributed by atoms with van der Waals surface area (Å²) in [7, 11) is 1.49. The number of fused-ring (bicyclic) bond motifs is 1. The zero-order valence-corrected chi connectivity index (χ0v) is 28.5. The highest BCUT2D eigenvalue weighted by atomic mass is 127. The largest absolute Gasteiger partial charge is 0.493 e. The molecule has 15 heteroatoms. The van der Waals surface area contributed by atoms with Crippen molar-refractivity contribution in [2.24, 2.45) is 4.99 Å². The molecular weight excluding hydrogens is 743 g/mol. The second-order valence-electron chi connectivity index (χ2n) is 10.4. The molecule has 13 nitrogen and oxygen atoms in total. The zero-order valence-electron chi connectivity index (χ0n) is 25.5. The average Bonchev–Trinajstić information content (AvgIpc) is 3.33. The number of nitro groups is 2. The second-order valence-corrected chi connectivity index (χ2v) is 12.5. The molecule has 47 heavy (non-hydrogen) atoms. The summed E-state index contributed by atoms with van der Waals surface area (Å²) in [5.74, 6) is 0.198. The Kier molecular flexibility index (Phi) is 9.85. The maximum Gasteiger partial charge on any atom is 0.338 e. The minimum atomic E-state index is -1.00. The minimum absolute atomic E-state index is 0.0191. The lowest BCUT2D eigenvalue weighted by Gasteiger charge is -2.24. The van der Waals surface area contributed by atoms with E-state index in [0.29, 0.717) is 46.8 Å². The Morgan fingerprint density at radius 1 is 1.09 bits per heavy atom. The molecular formula is C32H27IN4O9S. The first-order chi connectivity index (χ1) is 22.4. The highest BCUT2D eigenvalue weighted by molar-refractivity contribution is 14.1. The number of ether oxygens (including phenoxy) is 3. The van der Waals surface area contributed by atoms with Gasteiger partial charge in [-0.25, -0.2) is 9.79 Å². The Morgan fingerprint density at radius 2 is 1.81 bits per heavy atom. The van der Waals surface area contributed by atoms with Crippen LogP contribution in [0, 0.1) is 30.7 Å². The summed E-state index contributed by atoms with van der Waals surface area (Å²) in [4.78, 5) is 53.8. The number of non-ortho nitro benzene ring substituents is 1. The fourth-order valence-electron chi connectivity index (χ4n) is 5.08. The molecule has 0 saturated carbocycles. The summed E-state index contributed by atoms with van der Waals surface area (Å²) in [6, 6.07) is 13.2. The lowest BCUT2D eigenvalue weighted by Crippen LogP contribution is -2.40. The molecule has 0 amide bonds. The van der Waals surface area contributed by atoms with Crippen molar-refractivity contribution in [1.82, 2.24) is 4.57 Å². The Hall–Kier alpha value is -4.90. The second kappa shape index (κ2) is 13.8. The first kappa shape index (κ1) is 33.5.